The standard InChI is InChI=1S/C29H35N3O3/c1-21-6-12-26(13-7-21)34-20-27-22(2)35-28(30-27)23-8-10-24(11-9-23)29(33)32-18-14-25(15-19-32)31-16-4-3-5-17-31/h6-13,25H,3-5,14-20H2,1-2H3. The molecule has 6 nitrogen and oxygen atoms in total. The number of nitrogens with zero attached hydrogens (tertiary/aromatic N) is 3. The molecular weight excluding hydrogens is 438 g/mol. The number of rotatable bonds is 6. The van der Waals surface area contributed by atoms with E-state index in [1.165, 1.54) is 37.9 Å². The molecule has 0 spiro atoms. The molecule has 0 unspecified atom stereocenters. The van der Waals surface area contributed by atoms with Crippen molar-refractivity contribution in [3.8, 4) is 17.2 Å². The van der Waals surface area contributed by atoms with Crippen molar-refractivity contribution in [3.05, 3.63) is 71.1 Å². The lowest BCUT2D eigenvalue weighted by molar-refractivity contribution is 0.0590. The zero-order chi connectivity index (χ0) is 24.2. The van der Waals surface area contributed by atoms with Crippen molar-refractivity contribution >= 4 is 5.91 Å². The average molecular weight is 474 g/mol. The molecule has 1 aromatic heterocycles. The van der Waals surface area contributed by atoms with Crippen molar-refractivity contribution in [3.63, 3.8) is 0 Å². The number of hydrogen-bond donors (Lipinski definition) is 0. The summed E-state index contributed by atoms with van der Waals surface area (Å²) in [4.78, 5) is 22.4. The van der Waals surface area contributed by atoms with E-state index < -0.39 is 0 Å². The second-order valence-electron chi connectivity index (χ2n) is 9.82. The molecule has 35 heavy (non-hydrogen) atoms. The van der Waals surface area contributed by atoms with Crippen LogP contribution in [0.4, 0.5) is 0 Å². The number of likely N-dealkylation sites (tertiary alicyclic amines) is 2. The van der Waals surface area contributed by atoms with Crippen LogP contribution >= 0.6 is 0 Å². The van der Waals surface area contributed by atoms with Gasteiger partial charge in [0.05, 0.1) is 0 Å². The third-order valence-electron chi connectivity index (χ3n) is 7.33. The van der Waals surface area contributed by atoms with Gasteiger partial charge in [-0.25, -0.2) is 4.98 Å². The van der Waals surface area contributed by atoms with Crippen LogP contribution in [0.3, 0.4) is 0 Å². The molecule has 0 bridgehead atoms. The van der Waals surface area contributed by atoms with Crippen LogP contribution in [0.2, 0.25) is 0 Å². The fourth-order valence-corrected chi connectivity index (χ4v) is 5.13. The van der Waals surface area contributed by atoms with E-state index in [-0.39, 0.29) is 5.91 Å². The number of hydrogen-bond acceptors (Lipinski definition) is 5. The van der Waals surface area contributed by atoms with Gasteiger partial charge in [-0.3, -0.25) is 4.79 Å². The minimum atomic E-state index is 0.115. The lowest BCUT2D eigenvalue weighted by Gasteiger charge is -2.40. The lowest BCUT2D eigenvalue weighted by Crippen LogP contribution is -2.48. The van der Waals surface area contributed by atoms with E-state index in [2.05, 4.69) is 16.8 Å². The van der Waals surface area contributed by atoms with Gasteiger partial charge in [0, 0.05) is 30.3 Å². The molecule has 5 rings (SSSR count). The predicted octanol–water partition coefficient (Wildman–Crippen LogP) is 5.63. The van der Waals surface area contributed by atoms with E-state index in [1.807, 2.05) is 60.4 Å². The molecule has 0 aliphatic carbocycles. The Morgan fingerprint density at radius 3 is 2.31 bits per heavy atom. The highest BCUT2D eigenvalue weighted by atomic mass is 16.5. The first kappa shape index (κ1) is 23.6. The monoisotopic (exact) mass is 473 g/mol. The van der Waals surface area contributed by atoms with Gasteiger partial charge in [0.1, 0.15) is 23.8 Å². The Kier molecular flexibility index (Phi) is 7.19. The summed E-state index contributed by atoms with van der Waals surface area (Å²) < 4.78 is 11.8. The van der Waals surface area contributed by atoms with E-state index in [4.69, 9.17) is 9.15 Å². The molecule has 0 atom stereocenters. The number of amides is 1. The van der Waals surface area contributed by atoms with Gasteiger partial charge in [0.15, 0.2) is 0 Å². The largest absolute Gasteiger partial charge is 0.487 e. The summed E-state index contributed by atoms with van der Waals surface area (Å²) in [5, 5.41) is 0. The Hall–Kier alpha value is -3.12. The van der Waals surface area contributed by atoms with Crippen LogP contribution < -0.4 is 4.74 Å². The first-order valence-electron chi connectivity index (χ1n) is 12.9. The van der Waals surface area contributed by atoms with Gasteiger partial charge in [-0.1, -0.05) is 24.1 Å². The number of carbonyl (C=O) groups excluding carboxylic acids is 1. The molecule has 2 fully saturated rings. The highest BCUT2D eigenvalue weighted by Gasteiger charge is 2.28. The second-order valence-corrected chi connectivity index (χ2v) is 9.82. The van der Waals surface area contributed by atoms with Crippen LogP contribution in [-0.2, 0) is 6.61 Å². The predicted molar refractivity (Wildman–Crippen MR) is 137 cm³/mol. The maximum absolute atomic E-state index is 13.1. The molecule has 3 aromatic rings. The van der Waals surface area contributed by atoms with Crippen molar-refractivity contribution in [2.45, 2.75) is 58.6 Å². The van der Waals surface area contributed by atoms with Crippen molar-refractivity contribution in [1.82, 2.24) is 14.8 Å². The minimum Gasteiger partial charge on any atom is -0.487 e. The quantitative estimate of drug-likeness (QED) is 0.465. The van der Waals surface area contributed by atoms with E-state index >= 15 is 0 Å². The fraction of sp³-hybridized carbons (Fsp3) is 0.448. The van der Waals surface area contributed by atoms with Crippen LogP contribution in [0, 0.1) is 13.8 Å². The summed E-state index contributed by atoms with van der Waals surface area (Å²) in [6, 6.07) is 16.2. The minimum absolute atomic E-state index is 0.115. The topological polar surface area (TPSA) is 58.8 Å². The Bertz CT molecular complexity index is 1120. The van der Waals surface area contributed by atoms with Crippen molar-refractivity contribution in [2.75, 3.05) is 26.2 Å². The van der Waals surface area contributed by atoms with Crippen molar-refractivity contribution in [1.29, 1.82) is 0 Å². The van der Waals surface area contributed by atoms with E-state index in [0.717, 1.165) is 54.3 Å². The summed E-state index contributed by atoms with van der Waals surface area (Å²) in [6.45, 7) is 8.42. The zero-order valence-electron chi connectivity index (χ0n) is 20.8. The molecule has 184 valence electrons. The Balaban J connectivity index is 1.18. The first-order valence-corrected chi connectivity index (χ1v) is 12.9. The van der Waals surface area contributed by atoms with Crippen LogP contribution in [-0.4, -0.2) is 52.9 Å². The number of carbonyl (C=O) groups is 1. The summed E-state index contributed by atoms with van der Waals surface area (Å²) in [6.07, 6.45) is 6.15. The van der Waals surface area contributed by atoms with Crippen LogP contribution in [0.25, 0.3) is 11.5 Å². The Morgan fingerprint density at radius 1 is 0.943 bits per heavy atom. The Morgan fingerprint density at radius 2 is 1.63 bits per heavy atom. The number of aryl methyl sites for hydroxylation is 2. The van der Waals surface area contributed by atoms with Gasteiger partial charge in [0.25, 0.3) is 5.91 Å². The molecule has 2 saturated heterocycles. The van der Waals surface area contributed by atoms with E-state index in [1.54, 1.807) is 0 Å². The third-order valence-corrected chi connectivity index (χ3v) is 7.33. The van der Waals surface area contributed by atoms with Gasteiger partial charge < -0.3 is 19.0 Å². The lowest BCUT2D eigenvalue weighted by atomic mass is 9.99. The number of oxazole rings is 1. The summed E-state index contributed by atoms with van der Waals surface area (Å²) in [7, 11) is 0. The third kappa shape index (κ3) is 5.59. The summed E-state index contributed by atoms with van der Waals surface area (Å²) >= 11 is 0. The van der Waals surface area contributed by atoms with E-state index in [9.17, 15) is 4.79 Å². The molecule has 1 amide bonds. The zero-order valence-corrected chi connectivity index (χ0v) is 20.8. The normalized spacial score (nSPS) is 17.5. The summed E-state index contributed by atoms with van der Waals surface area (Å²) in [5.74, 6) is 2.21. The van der Waals surface area contributed by atoms with Gasteiger partial charge >= 0.3 is 0 Å². The van der Waals surface area contributed by atoms with Gasteiger partial charge in [0.2, 0.25) is 5.89 Å². The highest BCUT2D eigenvalue weighted by molar-refractivity contribution is 5.94. The molecule has 3 heterocycles. The van der Waals surface area contributed by atoms with Crippen LogP contribution in [0.1, 0.15) is 59.5 Å². The molecule has 6 heteroatoms. The van der Waals surface area contributed by atoms with Gasteiger partial charge in [-0.2, -0.15) is 0 Å². The second kappa shape index (κ2) is 10.6. The first-order chi connectivity index (χ1) is 17.1. The average Bonchev–Trinajstić information content (AvgIpc) is 3.29. The SMILES string of the molecule is Cc1ccc(OCc2nc(-c3ccc(C(=O)N4CCC(N5CCCCC5)CC4)cc3)oc2C)cc1. The molecule has 2 aromatic carbocycles. The molecule has 0 saturated carbocycles. The number of benzene rings is 2. The van der Waals surface area contributed by atoms with Crippen LogP contribution in [0.15, 0.2) is 52.9 Å². The van der Waals surface area contributed by atoms with Crippen LogP contribution in [0.5, 0.6) is 5.75 Å². The number of piperidine rings is 2. The molecule has 2 aliphatic rings. The maximum Gasteiger partial charge on any atom is 0.253 e. The van der Waals surface area contributed by atoms with E-state index in [0.29, 0.717) is 18.5 Å². The maximum atomic E-state index is 13.1. The Labute approximate surface area is 207 Å². The fourth-order valence-electron chi connectivity index (χ4n) is 5.13. The van der Waals surface area contributed by atoms with Crippen molar-refractivity contribution < 1.29 is 13.9 Å². The molecule has 0 radical (unpaired) electrons. The summed E-state index contributed by atoms with van der Waals surface area (Å²) in [5.41, 5.74) is 3.55. The van der Waals surface area contributed by atoms with Crippen molar-refractivity contribution in [2.24, 2.45) is 0 Å². The highest BCUT2D eigenvalue weighted by Crippen LogP contribution is 2.25. The van der Waals surface area contributed by atoms with Gasteiger partial charge in [-0.05, 0) is 89.0 Å². The number of ether oxygens (including phenoxy) is 1. The molecule has 0 N–H and O–H groups in total. The number of aromatic nitrogens is 1. The smallest absolute Gasteiger partial charge is 0.253 e. The molecular formula is C29H35N3O3. The molecule has 2 aliphatic heterocycles. The van der Waals surface area contributed by atoms with Gasteiger partial charge in [-0.15, -0.1) is 0 Å².